The van der Waals surface area contributed by atoms with Gasteiger partial charge < -0.3 is 24.6 Å². The number of methoxy groups -OCH3 is 1. The molecule has 1 saturated heterocycles. The molecule has 4 rings (SSSR count). The van der Waals surface area contributed by atoms with Crippen LogP contribution in [0.25, 0.3) is 0 Å². The molecule has 9 nitrogen and oxygen atoms in total. The smallest absolute Gasteiger partial charge is 0.304 e. The zero-order valence-corrected chi connectivity index (χ0v) is 20.5. The fourth-order valence-corrected chi connectivity index (χ4v) is 4.69. The van der Waals surface area contributed by atoms with Crippen LogP contribution in [0.1, 0.15) is 37.8 Å². The van der Waals surface area contributed by atoms with Crippen LogP contribution >= 0.6 is 0 Å². The topological polar surface area (TPSA) is 117 Å². The minimum absolute atomic E-state index is 0.0275. The first-order valence-electron chi connectivity index (χ1n) is 11.8. The maximum absolute atomic E-state index is 13.7. The zero-order chi connectivity index (χ0) is 26.0. The molecule has 9 heteroatoms. The highest BCUT2D eigenvalue weighted by atomic mass is 16.6. The Kier molecular flexibility index (Phi) is 7.14. The van der Waals surface area contributed by atoms with Crippen molar-refractivity contribution in [1.82, 2.24) is 0 Å². The van der Waals surface area contributed by atoms with Crippen LogP contribution in [-0.4, -0.2) is 47.9 Å². The molecule has 0 spiro atoms. The number of aliphatic hydroxyl groups excluding tert-OH is 1. The molecule has 2 heterocycles. The average Bonchev–Trinajstić information content (AvgIpc) is 3.05. The Morgan fingerprint density at radius 2 is 2.03 bits per heavy atom. The summed E-state index contributed by atoms with van der Waals surface area (Å²) in [6.45, 7) is 3.18. The fourth-order valence-electron chi connectivity index (χ4n) is 4.69. The van der Waals surface area contributed by atoms with Gasteiger partial charge >= 0.3 is 5.97 Å². The van der Waals surface area contributed by atoms with Gasteiger partial charge in [0, 0.05) is 30.7 Å². The summed E-state index contributed by atoms with van der Waals surface area (Å²) in [6, 6.07) is 12.3. The van der Waals surface area contributed by atoms with Crippen LogP contribution in [0.15, 0.2) is 54.6 Å². The number of anilines is 2. The summed E-state index contributed by atoms with van der Waals surface area (Å²) < 4.78 is 10.6. The van der Waals surface area contributed by atoms with Crippen molar-refractivity contribution < 1.29 is 34.1 Å². The van der Waals surface area contributed by atoms with E-state index in [0.29, 0.717) is 29.1 Å². The molecule has 190 valence electrons. The minimum atomic E-state index is -1.82. The van der Waals surface area contributed by atoms with E-state index in [-0.39, 0.29) is 25.5 Å². The Hall–Kier alpha value is -3.69. The van der Waals surface area contributed by atoms with E-state index >= 15 is 0 Å². The number of amides is 2. The van der Waals surface area contributed by atoms with E-state index in [1.54, 1.807) is 55.5 Å². The van der Waals surface area contributed by atoms with Gasteiger partial charge in [0.15, 0.2) is 11.8 Å². The van der Waals surface area contributed by atoms with E-state index in [4.69, 9.17) is 14.6 Å². The number of rotatable bonds is 9. The quantitative estimate of drug-likeness (QED) is 0.313. The number of ether oxygens (including phenoxy) is 2. The van der Waals surface area contributed by atoms with Gasteiger partial charge in [-0.05, 0) is 42.3 Å². The Labute approximate surface area is 209 Å². The third-order valence-corrected chi connectivity index (χ3v) is 6.59. The van der Waals surface area contributed by atoms with Gasteiger partial charge in [-0.1, -0.05) is 31.2 Å². The molecule has 0 bridgehead atoms. The summed E-state index contributed by atoms with van der Waals surface area (Å²) in [5.41, 5.74) is 0.483. The highest BCUT2D eigenvalue weighted by Crippen LogP contribution is 2.47. The Morgan fingerprint density at radius 3 is 2.69 bits per heavy atom. The lowest BCUT2D eigenvalue weighted by Crippen LogP contribution is -2.54. The molecule has 2 aromatic rings. The first-order valence-corrected chi connectivity index (χ1v) is 11.8. The Morgan fingerprint density at radius 1 is 1.25 bits per heavy atom. The normalized spacial score (nSPS) is 22.0. The van der Waals surface area contributed by atoms with Crippen LogP contribution in [0.3, 0.4) is 0 Å². The van der Waals surface area contributed by atoms with Crippen molar-refractivity contribution in [3.63, 3.8) is 0 Å². The number of β-lactam (4-membered cyclic amide) rings is 1. The van der Waals surface area contributed by atoms with E-state index in [1.165, 1.54) is 23.8 Å². The largest absolute Gasteiger partial charge is 0.497 e. The molecule has 3 atom stereocenters. The fraction of sp³-hybridized carbons (Fsp3) is 0.370. The average molecular weight is 495 g/mol. The molecule has 2 aromatic carbocycles. The number of carbonyl (C=O) groups is 3. The molecule has 0 aliphatic carbocycles. The van der Waals surface area contributed by atoms with Gasteiger partial charge in [0.1, 0.15) is 5.75 Å². The molecule has 2 amide bonds. The van der Waals surface area contributed by atoms with E-state index < -0.39 is 29.6 Å². The van der Waals surface area contributed by atoms with Crippen LogP contribution in [-0.2, 0) is 31.3 Å². The predicted molar refractivity (Wildman–Crippen MR) is 132 cm³/mol. The molecule has 0 saturated carbocycles. The number of nitrogens with zero attached hydrogens (tertiary/aromatic N) is 2. The van der Waals surface area contributed by atoms with Crippen LogP contribution in [0, 0.1) is 5.92 Å². The molecular weight excluding hydrogens is 464 g/mol. The minimum Gasteiger partial charge on any atom is -0.497 e. The summed E-state index contributed by atoms with van der Waals surface area (Å²) in [6.07, 6.45) is 3.36. The van der Waals surface area contributed by atoms with Crippen molar-refractivity contribution in [3.8, 4) is 5.75 Å². The molecule has 36 heavy (non-hydrogen) atoms. The third-order valence-electron chi connectivity index (χ3n) is 6.59. The third kappa shape index (κ3) is 4.47. The number of benzene rings is 2. The molecule has 1 fully saturated rings. The lowest BCUT2D eigenvalue weighted by atomic mass is 9.83. The van der Waals surface area contributed by atoms with Crippen molar-refractivity contribution in [3.05, 3.63) is 65.7 Å². The zero-order valence-electron chi connectivity index (χ0n) is 20.5. The van der Waals surface area contributed by atoms with Crippen LogP contribution in [0.5, 0.6) is 5.75 Å². The number of hydrogen-bond acceptors (Lipinski definition) is 7. The summed E-state index contributed by atoms with van der Waals surface area (Å²) in [4.78, 5) is 40.2. The lowest BCUT2D eigenvalue weighted by Gasteiger charge is -2.39. The van der Waals surface area contributed by atoms with Crippen molar-refractivity contribution >= 4 is 29.2 Å². The van der Waals surface area contributed by atoms with Crippen LogP contribution in [0.4, 0.5) is 11.4 Å². The molecule has 0 aromatic heterocycles. The van der Waals surface area contributed by atoms with Gasteiger partial charge in [0.2, 0.25) is 5.91 Å². The van der Waals surface area contributed by atoms with Crippen LogP contribution in [0.2, 0.25) is 0 Å². The Balaban J connectivity index is 1.66. The molecule has 2 N–H and O–H groups in total. The standard InChI is InChI=1S/C27H30N2O7/c1-17(7-4-5-12-30)27(34)22-14-21(35-3)10-11-23(22)28(26(27)33)16-19-8-6-9-20(13-19)29-24(32)15-25(29)36-18(2)31/h4,6-11,13-14,17,25,30,34H,5,12,15-16H2,1-3H3/b7-4+/t17-,25?,27+/m0/s1. The van der Waals surface area contributed by atoms with Gasteiger partial charge in [0.25, 0.3) is 5.91 Å². The number of carbonyl (C=O) groups excluding carboxylic acids is 3. The summed E-state index contributed by atoms with van der Waals surface area (Å²) in [7, 11) is 1.52. The maximum Gasteiger partial charge on any atom is 0.304 e. The van der Waals surface area contributed by atoms with Crippen molar-refractivity contribution in [2.75, 3.05) is 23.5 Å². The number of hydrogen-bond donors (Lipinski definition) is 2. The highest BCUT2D eigenvalue weighted by Gasteiger charge is 2.52. The second-order valence-corrected chi connectivity index (χ2v) is 8.97. The Bertz CT molecular complexity index is 1210. The number of esters is 1. The van der Waals surface area contributed by atoms with Gasteiger partial charge in [-0.3, -0.25) is 19.3 Å². The molecule has 2 aliphatic rings. The number of fused-ring (bicyclic) bond motifs is 1. The summed E-state index contributed by atoms with van der Waals surface area (Å²) in [5.74, 6) is -1.16. The second-order valence-electron chi connectivity index (χ2n) is 8.97. The van der Waals surface area contributed by atoms with Crippen molar-refractivity contribution in [2.45, 2.75) is 45.1 Å². The SMILES string of the molecule is COc1ccc2c(c1)[C@](O)([C@@H](C)/C=C/CCO)C(=O)N2Cc1cccc(N2C(=O)CC2OC(C)=O)c1. The first kappa shape index (κ1) is 25.4. The summed E-state index contributed by atoms with van der Waals surface area (Å²) in [5, 5.41) is 20.8. The van der Waals surface area contributed by atoms with E-state index in [9.17, 15) is 19.5 Å². The van der Waals surface area contributed by atoms with Crippen molar-refractivity contribution in [1.29, 1.82) is 0 Å². The monoisotopic (exact) mass is 494 g/mol. The lowest BCUT2D eigenvalue weighted by molar-refractivity contribution is -0.153. The maximum atomic E-state index is 13.7. The van der Waals surface area contributed by atoms with Gasteiger partial charge in [-0.25, -0.2) is 0 Å². The number of aliphatic hydroxyl groups is 2. The molecular formula is C27H30N2O7. The molecule has 1 unspecified atom stereocenters. The van der Waals surface area contributed by atoms with E-state index in [2.05, 4.69) is 0 Å². The predicted octanol–water partition coefficient (Wildman–Crippen LogP) is 2.63. The second kappa shape index (κ2) is 10.1. The van der Waals surface area contributed by atoms with Crippen molar-refractivity contribution in [2.24, 2.45) is 5.92 Å². The highest BCUT2D eigenvalue weighted by molar-refractivity contribution is 6.07. The van der Waals surface area contributed by atoms with E-state index in [0.717, 1.165) is 5.56 Å². The van der Waals surface area contributed by atoms with E-state index in [1.807, 2.05) is 6.07 Å². The van der Waals surface area contributed by atoms with Gasteiger partial charge in [-0.15, -0.1) is 0 Å². The molecule has 2 aliphatic heterocycles. The van der Waals surface area contributed by atoms with Gasteiger partial charge in [0.05, 0.1) is 25.8 Å². The molecule has 0 radical (unpaired) electrons. The summed E-state index contributed by atoms with van der Waals surface area (Å²) >= 11 is 0. The van der Waals surface area contributed by atoms with Crippen LogP contribution < -0.4 is 14.5 Å². The first-order chi connectivity index (χ1) is 17.2. The van der Waals surface area contributed by atoms with Gasteiger partial charge in [-0.2, -0.15) is 0 Å².